The van der Waals surface area contributed by atoms with E-state index in [1.807, 2.05) is 26.2 Å². The second-order valence-corrected chi connectivity index (χ2v) is 7.77. The van der Waals surface area contributed by atoms with Crippen LogP contribution in [0.4, 0.5) is 5.82 Å². The summed E-state index contributed by atoms with van der Waals surface area (Å²) < 4.78 is 29.2. The molecule has 0 spiro atoms. The Morgan fingerprint density at radius 1 is 1.43 bits per heavy atom. The van der Waals surface area contributed by atoms with Crippen molar-refractivity contribution in [3.05, 3.63) is 28.1 Å². The summed E-state index contributed by atoms with van der Waals surface area (Å²) in [5.41, 5.74) is 0.754. The third kappa shape index (κ3) is 3.84. The standard InChI is InChI=1S/C13H20N4O2S2/c1-9(2)14-7-11-13(10(3)8-20-11)21(18,19)16-12-5-6-17(4)15-12/h5-6,8-9,14H,7H2,1-4H3,(H,15,16). The van der Waals surface area contributed by atoms with E-state index < -0.39 is 10.0 Å². The van der Waals surface area contributed by atoms with Crippen LogP contribution in [0.2, 0.25) is 0 Å². The maximum atomic E-state index is 12.6. The van der Waals surface area contributed by atoms with Crippen molar-refractivity contribution in [1.82, 2.24) is 15.1 Å². The van der Waals surface area contributed by atoms with E-state index in [0.29, 0.717) is 23.3 Å². The van der Waals surface area contributed by atoms with Crippen molar-refractivity contribution >= 4 is 27.2 Å². The quantitative estimate of drug-likeness (QED) is 0.851. The molecule has 0 aromatic carbocycles. The van der Waals surface area contributed by atoms with Gasteiger partial charge in [0, 0.05) is 36.8 Å². The third-order valence-electron chi connectivity index (χ3n) is 2.88. The zero-order valence-electron chi connectivity index (χ0n) is 12.5. The molecule has 0 aliphatic heterocycles. The number of aryl methyl sites for hydroxylation is 2. The lowest BCUT2D eigenvalue weighted by Gasteiger charge is -2.11. The molecule has 0 atom stereocenters. The molecule has 0 fully saturated rings. The van der Waals surface area contributed by atoms with Gasteiger partial charge < -0.3 is 5.32 Å². The number of hydrogen-bond acceptors (Lipinski definition) is 5. The minimum Gasteiger partial charge on any atom is -0.310 e. The van der Waals surface area contributed by atoms with Crippen molar-refractivity contribution in [3.63, 3.8) is 0 Å². The van der Waals surface area contributed by atoms with Gasteiger partial charge in [-0.1, -0.05) is 13.8 Å². The normalized spacial score (nSPS) is 12.0. The van der Waals surface area contributed by atoms with E-state index in [9.17, 15) is 8.42 Å². The van der Waals surface area contributed by atoms with Gasteiger partial charge in [-0.15, -0.1) is 11.3 Å². The Hall–Kier alpha value is -1.38. The number of thiophene rings is 1. The van der Waals surface area contributed by atoms with Gasteiger partial charge in [0.25, 0.3) is 10.0 Å². The van der Waals surface area contributed by atoms with Crippen molar-refractivity contribution in [2.45, 2.75) is 38.3 Å². The zero-order chi connectivity index (χ0) is 15.6. The van der Waals surface area contributed by atoms with Gasteiger partial charge in [0.1, 0.15) is 4.90 Å². The minimum absolute atomic E-state index is 0.298. The van der Waals surface area contributed by atoms with E-state index in [0.717, 1.165) is 10.4 Å². The molecule has 6 nitrogen and oxygen atoms in total. The molecule has 2 heterocycles. The van der Waals surface area contributed by atoms with Crippen LogP contribution in [0.5, 0.6) is 0 Å². The van der Waals surface area contributed by atoms with Crippen LogP contribution < -0.4 is 10.0 Å². The number of hydrogen-bond donors (Lipinski definition) is 2. The molecule has 8 heteroatoms. The number of nitrogens with one attached hydrogen (secondary N) is 2. The van der Waals surface area contributed by atoms with Gasteiger partial charge in [0.2, 0.25) is 0 Å². The highest BCUT2D eigenvalue weighted by Gasteiger charge is 2.23. The number of rotatable bonds is 6. The first kappa shape index (κ1) is 16.0. The van der Waals surface area contributed by atoms with Gasteiger partial charge in [-0.25, -0.2) is 8.42 Å². The van der Waals surface area contributed by atoms with E-state index in [1.54, 1.807) is 24.0 Å². The van der Waals surface area contributed by atoms with Crippen LogP contribution in [-0.2, 0) is 23.6 Å². The number of nitrogens with zero attached hydrogens (tertiary/aromatic N) is 2. The van der Waals surface area contributed by atoms with Crippen molar-refractivity contribution in [1.29, 1.82) is 0 Å². The van der Waals surface area contributed by atoms with Crippen molar-refractivity contribution in [3.8, 4) is 0 Å². The van der Waals surface area contributed by atoms with Crippen molar-refractivity contribution in [2.75, 3.05) is 4.72 Å². The van der Waals surface area contributed by atoms with Crippen LogP contribution in [0.25, 0.3) is 0 Å². The smallest absolute Gasteiger partial charge is 0.264 e. The summed E-state index contributed by atoms with van der Waals surface area (Å²) >= 11 is 1.45. The molecule has 0 bridgehead atoms. The van der Waals surface area contributed by atoms with E-state index in [1.165, 1.54) is 11.3 Å². The van der Waals surface area contributed by atoms with Gasteiger partial charge >= 0.3 is 0 Å². The fourth-order valence-electron chi connectivity index (χ4n) is 1.93. The van der Waals surface area contributed by atoms with Gasteiger partial charge in [-0.05, 0) is 17.9 Å². The average Bonchev–Trinajstić information content (AvgIpc) is 2.93. The Bertz CT molecular complexity index is 716. The maximum absolute atomic E-state index is 12.6. The van der Waals surface area contributed by atoms with Crippen molar-refractivity contribution in [2.24, 2.45) is 7.05 Å². The second-order valence-electron chi connectivity index (χ2n) is 5.19. The Labute approximate surface area is 129 Å². The molecule has 0 amide bonds. The predicted octanol–water partition coefficient (Wildman–Crippen LogP) is 2.09. The molecular weight excluding hydrogens is 308 g/mol. The zero-order valence-corrected chi connectivity index (χ0v) is 14.2. The lowest BCUT2D eigenvalue weighted by Crippen LogP contribution is -2.23. The SMILES string of the molecule is Cc1csc(CNC(C)C)c1S(=O)(=O)Nc1ccn(C)n1. The third-order valence-corrected chi connectivity index (χ3v) is 5.70. The molecule has 0 aliphatic carbocycles. The molecule has 2 aromatic heterocycles. The summed E-state index contributed by atoms with van der Waals surface area (Å²) in [4.78, 5) is 1.16. The van der Waals surface area contributed by atoms with Crippen LogP contribution in [0.3, 0.4) is 0 Å². The molecule has 0 saturated carbocycles. The van der Waals surface area contributed by atoms with Crippen LogP contribution in [0.1, 0.15) is 24.3 Å². The van der Waals surface area contributed by atoms with Gasteiger partial charge in [0.05, 0.1) is 0 Å². The molecule has 21 heavy (non-hydrogen) atoms. The van der Waals surface area contributed by atoms with Gasteiger partial charge in [0.15, 0.2) is 5.82 Å². The molecule has 2 aromatic rings. The number of anilines is 1. The highest BCUT2D eigenvalue weighted by molar-refractivity contribution is 7.93. The molecular formula is C13H20N4O2S2. The largest absolute Gasteiger partial charge is 0.310 e. The van der Waals surface area contributed by atoms with Crippen LogP contribution in [0, 0.1) is 6.92 Å². The Morgan fingerprint density at radius 3 is 2.71 bits per heavy atom. The fourth-order valence-corrected chi connectivity index (χ4v) is 4.69. The number of sulfonamides is 1. The Kier molecular flexibility index (Phi) is 4.70. The lowest BCUT2D eigenvalue weighted by molar-refractivity contribution is 0.581. The Morgan fingerprint density at radius 2 is 2.14 bits per heavy atom. The van der Waals surface area contributed by atoms with Gasteiger partial charge in [-0.2, -0.15) is 5.10 Å². The topological polar surface area (TPSA) is 76.0 Å². The highest BCUT2D eigenvalue weighted by Crippen LogP contribution is 2.28. The summed E-state index contributed by atoms with van der Waals surface area (Å²) in [7, 11) is -1.88. The second kappa shape index (κ2) is 6.17. The summed E-state index contributed by atoms with van der Waals surface area (Å²) in [6.07, 6.45) is 1.69. The molecule has 2 rings (SSSR count). The first-order valence-electron chi connectivity index (χ1n) is 6.62. The monoisotopic (exact) mass is 328 g/mol. The first-order chi connectivity index (χ1) is 9.79. The molecule has 0 aliphatic rings. The van der Waals surface area contributed by atoms with Crippen LogP contribution >= 0.6 is 11.3 Å². The molecule has 0 saturated heterocycles. The summed E-state index contributed by atoms with van der Waals surface area (Å²) in [5, 5.41) is 9.17. The highest BCUT2D eigenvalue weighted by atomic mass is 32.2. The van der Waals surface area contributed by atoms with Crippen molar-refractivity contribution < 1.29 is 8.42 Å². The molecule has 0 radical (unpaired) electrons. The molecule has 2 N–H and O–H groups in total. The minimum atomic E-state index is -3.62. The summed E-state index contributed by atoms with van der Waals surface area (Å²) in [5.74, 6) is 0.325. The van der Waals surface area contributed by atoms with E-state index in [4.69, 9.17) is 0 Å². The fraction of sp³-hybridized carbons (Fsp3) is 0.462. The summed E-state index contributed by atoms with van der Waals surface area (Å²) in [6, 6.07) is 1.93. The summed E-state index contributed by atoms with van der Waals surface area (Å²) in [6.45, 7) is 6.40. The molecule has 0 unspecified atom stereocenters. The van der Waals surface area contributed by atoms with Gasteiger partial charge in [-0.3, -0.25) is 9.40 Å². The van der Waals surface area contributed by atoms with E-state index >= 15 is 0 Å². The first-order valence-corrected chi connectivity index (χ1v) is 8.98. The average molecular weight is 328 g/mol. The maximum Gasteiger partial charge on any atom is 0.264 e. The van der Waals surface area contributed by atoms with Crippen LogP contribution in [-0.4, -0.2) is 24.2 Å². The Balaban J connectivity index is 2.28. The van der Waals surface area contributed by atoms with E-state index in [-0.39, 0.29) is 0 Å². The number of aromatic nitrogens is 2. The van der Waals surface area contributed by atoms with E-state index in [2.05, 4.69) is 15.1 Å². The molecule has 116 valence electrons. The predicted molar refractivity (Wildman–Crippen MR) is 85.0 cm³/mol. The van der Waals surface area contributed by atoms with Crippen LogP contribution in [0.15, 0.2) is 22.5 Å². The lowest BCUT2D eigenvalue weighted by atomic mass is 10.3.